The molecule has 208 valence electrons. The Kier molecular flexibility index (Phi) is 15.2. The maximum absolute atomic E-state index is 13.1. The summed E-state index contributed by atoms with van der Waals surface area (Å²) in [6.07, 6.45) is 0.652. The predicted molar refractivity (Wildman–Crippen MR) is 142 cm³/mol. The van der Waals surface area contributed by atoms with Crippen LogP contribution in [0.5, 0.6) is 0 Å². The molecule has 0 bridgehead atoms. The zero-order valence-corrected chi connectivity index (χ0v) is 24.0. The molecule has 9 heteroatoms. The van der Waals surface area contributed by atoms with Crippen LogP contribution in [0, 0.1) is 29.6 Å². The zero-order valence-electron chi connectivity index (χ0n) is 24.0. The fraction of sp³-hybridized carbons (Fsp3) is 0.815. The normalized spacial score (nSPS) is 14.8. The molecule has 0 aliphatic rings. The third-order valence-electron chi connectivity index (χ3n) is 5.66. The molecule has 0 saturated heterocycles. The number of rotatable bonds is 16. The van der Waals surface area contributed by atoms with Gasteiger partial charge in [0.15, 0.2) is 5.78 Å². The quantitative estimate of drug-likeness (QED) is 0.253. The molecule has 0 aromatic carbocycles. The maximum Gasteiger partial charge on any atom is 0.243 e. The van der Waals surface area contributed by atoms with Gasteiger partial charge in [-0.25, -0.2) is 0 Å². The van der Waals surface area contributed by atoms with Gasteiger partial charge in [-0.2, -0.15) is 0 Å². The minimum atomic E-state index is -0.775. The Bertz CT molecular complexity index is 748. The second-order valence-corrected chi connectivity index (χ2v) is 11.5. The first-order valence-electron chi connectivity index (χ1n) is 13.3. The maximum atomic E-state index is 13.1. The summed E-state index contributed by atoms with van der Waals surface area (Å²) in [5.74, 6) is -1.80. The van der Waals surface area contributed by atoms with E-state index in [0.29, 0.717) is 25.3 Å². The van der Waals surface area contributed by atoms with Crippen LogP contribution in [0.1, 0.15) is 88.5 Å². The van der Waals surface area contributed by atoms with Gasteiger partial charge in [0.1, 0.15) is 12.1 Å². The average Bonchev–Trinajstić information content (AvgIpc) is 2.73. The molecular formula is C27H50N4O5. The van der Waals surface area contributed by atoms with Crippen molar-refractivity contribution in [3.8, 4) is 0 Å². The van der Waals surface area contributed by atoms with Gasteiger partial charge in [0.05, 0.1) is 6.04 Å². The summed E-state index contributed by atoms with van der Waals surface area (Å²) < 4.78 is 0. The SMILES string of the molecule is CC(C)CNC(=O)[C@@H](C)NC(=O)[C@@H](C)CC(=O)[C@H](CC(C)C)NC(=O)[C@@H](NC(=O)CC(C)C)C(C)C. The Morgan fingerprint density at radius 3 is 1.67 bits per heavy atom. The lowest BCUT2D eigenvalue weighted by molar-refractivity contribution is -0.134. The summed E-state index contributed by atoms with van der Waals surface area (Å²) in [6.45, 7) is 19.1. The summed E-state index contributed by atoms with van der Waals surface area (Å²) in [4.78, 5) is 63.2. The highest BCUT2D eigenvalue weighted by atomic mass is 16.2. The van der Waals surface area contributed by atoms with Crippen molar-refractivity contribution in [2.24, 2.45) is 29.6 Å². The van der Waals surface area contributed by atoms with Crippen LogP contribution in [0.25, 0.3) is 0 Å². The molecule has 0 heterocycles. The van der Waals surface area contributed by atoms with Gasteiger partial charge in [0.2, 0.25) is 23.6 Å². The summed E-state index contributed by atoms with van der Waals surface area (Å²) >= 11 is 0. The standard InChI is InChI=1S/C27H50N4O5/c1-15(2)11-21(30-27(36)24(18(7)8)31-23(33)12-16(3)4)22(32)13-19(9)25(34)29-20(10)26(35)28-14-17(5)6/h15-21,24H,11-14H2,1-10H3,(H,28,35)(H,29,34)(H,30,36)(H,31,33)/t19-,20+,21-,24-/m0/s1. The first-order chi connectivity index (χ1) is 16.5. The van der Waals surface area contributed by atoms with E-state index >= 15 is 0 Å². The first-order valence-corrected chi connectivity index (χ1v) is 13.3. The molecule has 0 radical (unpaired) electrons. The van der Waals surface area contributed by atoms with Crippen LogP contribution in [-0.2, 0) is 24.0 Å². The van der Waals surface area contributed by atoms with E-state index in [0.717, 1.165) is 0 Å². The number of amides is 4. The van der Waals surface area contributed by atoms with Crippen molar-refractivity contribution in [2.75, 3.05) is 6.54 Å². The highest BCUT2D eigenvalue weighted by molar-refractivity contribution is 5.95. The molecule has 4 atom stereocenters. The van der Waals surface area contributed by atoms with E-state index in [-0.39, 0.29) is 41.8 Å². The molecule has 0 spiro atoms. The zero-order chi connectivity index (χ0) is 28.2. The van der Waals surface area contributed by atoms with Gasteiger partial charge in [-0.05, 0) is 37.0 Å². The summed E-state index contributed by atoms with van der Waals surface area (Å²) in [5, 5.41) is 11.0. The topological polar surface area (TPSA) is 133 Å². The van der Waals surface area contributed by atoms with Crippen molar-refractivity contribution in [3.05, 3.63) is 0 Å². The monoisotopic (exact) mass is 510 g/mol. The second-order valence-electron chi connectivity index (χ2n) is 11.5. The van der Waals surface area contributed by atoms with E-state index in [2.05, 4.69) is 21.3 Å². The largest absolute Gasteiger partial charge is 0.354 e. The molecule has 4 amide bonds. The van der Waals surface area contributed by atoms with E-state index in [4.69, 9.17) is 0 Å². The molecule has 0 saturated carbocycles. The Morgan fingerprint density at radius 2 is 1.19 bits per heavy atom. The third kappa shape index (κ3) is 13.6. The molecule has 0 aromatic rings. The van der Waals surface area contributed by atoms with E-state index < -0.39 is 35.9 Å². The highest BCUT2D eigenvalue weighted by Gasteiger charge is 2.31. The minimum absolute atomic E-state index is 0.0735. The molecule has 0 aliphatic carbocycles. The number of ketones is 1. The fourth-order valence-corrected chi connectivity index (χ4v) is 3.56. The van der Waals surface area contributed by atoms with Crippen molar-refractivity contribution in [3.63, 3.8) is 0 Å². The smallest absolute Gasteiger partial charge is 0.243 e. The third-order valence-corrected chi connectivity index (χ3v) is 5.66. The molecule has 0 aliphatic heterocycles. The lowest BCUT2D eigenvalue weighted by atomic mass is 9.93. The molecule has 0 rings (SSSR count). The van der Waals surface area contributed by atoms with Crippen LogP contribution in [0.4, 0.5) is 0 Å². The van der Waals surface area contributed by atoms with Crippen molar-refractivity contribution in [1.82, 2.24) is 21.3 Å². The Labute approximate surface area is 217 Å². The summed E-state index contributed by atoms with van der Waals surface area (Å²) in [6, 6.07) is -2.26. The van der Waals surface area contributed by atoms with Crippen LogP contribution < -0.4 is 21.3 Å². The molecule has 0 unspecified atom stereocenters. The predicted octanol–water partition coefficient (Wildman–Crippen LogP) is 2.58. The number of carbonyl (C=O) groups is 5. The fourth-order valence-electron chi connectivity index (χ4n) is 3.56. The van der Waals surface area contributed by atoms with Crippen LogP contribution in [0.2, 0.25) is 0 Å². The summed E-state index contributed by atoms with van der Waals surface area (Å²) in [5.41, 5.74) is 0. The lowest BCUT2D eigenvalue weighted by Crippen LogP contribution is -2.54. The molecular weight excluding hydrogens is 460 g/mol. The number of nitrogens with one attached hydrogen (secondary N) is 4. The van der Waals surface area contributed by atoms with Crippen molar-refractivity contribution in [2.45, 2.75) is 107 Å². The van der Waals surface area contributed by atoms with Crippen LogP contribution in [-0.4, -0.2) is 54.1 Å². The second kappa shape index (κ2) is 16.3. The first kappa shape index (κ1) is 33.5. The highest BCUT2D eigenvalue weighted by Crippen LogP contribution is 2.14. The average molecular weight is 511 g/mol. The van der Waals surface area contributed by atoms with Gasteiger partial charge in [-0.3, -0.25) is 24.0 Å². The van der Waals surface area contributed by atoms with Crippen LogP contribution in [0.3, 0.4) is 0 Å². The van der Waals surface area contributed by atoms with Gasteiger partial charge in [0.25, 0.3) is 0 Å². The molecule has 0 aromatic heterocycles. The summed E-state index contributed by atoms with van der Waals surface area (Å²) in [7, 11) is 0. The van der Waals surface area contributed by atoms with Crippen molar-refractivity contribution < 1.29 is 24.0 Å². The molecule has 36 heavy (non-hydrogen) atoms. The number of hydrogen-bond donors (Lipinski definition) is 4. The van der Waals surface area contributed by atoms with Gasteiger partial charge in [-0.15, -0.1) is 0 Å². The molecule has 0 fully saturated rings. The van der Waals surface area contributed by atoms with Gasteiger partial charge < -0.3 is 21.3 Å². The van der Waals surface area contributed by atoms with Crippen LogP contribution in [0.15, 0.2) is 0 Å². The van der Waals surface area contributed by atoms with E-state index in [1.54, 1.807) is 13.8 Å². The van der Waals surface area contributed by atoms with Crippen LogP contribution >= 0.6 is 0 Å². The lowest BCUT2D eigenvalue weighted by Gasteiger charge is -2.27. The van der Waals surface area contributed by atoms with Crippen molar-refractivity contribution >= 4 is 29.4 Å². The number of hydrogen-bond acceptors (Lipinski definition) is 5. The van der Waals surface area contributed by atoms with Gasteiger partial charge in [-0.1, -0.05) is 62.3 Å². The van der Waals surface area contributed by atoms with E-state index in [1.807, 2.05) is 55.4 Å². The number of Topliss-reactive ketones (excluding diaryl/α,β-unsaturated/α-hetero) is 1. The van der Waals surface area contributed by atoms with Gasteiger partial charge in [0, 0.05) is 25.3 Å². The van der Waals surface area contributed by atoms with E-state index in [9.17, 15) is 24.0 Å². The molecule has 4 N–H and O–H groups in total. The Balaban J connectivity index is 5.22. The number of carbonyl (C=O) groups excluding carboxylic acids is 5. The van der Waals surface area contributed by atoms with Gasteiger partial charge >= 0.3 is 0 Å². The van der Waals surface area contributed by atoms with E-state index in [1.165, 1.54) is 0 Å². The Morgan fingerprint density at radius 1 is 0.611 bits per heavy atom. The molecule has 9 nitrogen and oxygen atoms in total. The Hall–Kier alpha value is -2.45. The van der Waals surface area contributed by atoms with Crippen molar-refractivity contribution in [1.29, 1.82) is 0 Å². The minimum Gasteiger partial charge on any atom is -0.354 e.